The molecule has 2 N–H and O–H groups in total. The summed E-state index contributed by atoms with van der Waals surface area (Å²) in [4.78, 5) is 15.0. The van der Waals surface area contributed by atoms with Crippen LogP contribution in [0.1, 0.15) is 61.0 Å². The summed E-state index contributed by atoms with van der Waals surface area (Å²) >= 11 is 0. The van der Waals surface area contributed by atoms with E-state index in [-0.39, 0.29) is 5.91 Å². The van der Waals surface area contributed by atoms with Gasteiger partial charge in [0.2, 0.25) is 0 Å². The number of nitrogens with two attached hydrogens (primary N) is 1. The molecule has 1 amide bonds. The second-order valence-corrected chi connectivity index (χ2v) is 6.09. The van der Waals surface area contributed by atoms with Crippen LogP contribution in [0.15, 0.2) is 6.20 Å². The molecule has 2 rings (SSSR count). The van der Waals surface area contributed by atoms with Crippen LogP contribution in [0.4, 0.5) is 0 Å². The van der Waals surface area contributed by atoms with Crippen molar-refractivity contribution in [3.8, 4) is 0 Å². The Labute approximate surface area is 127 Å². The molecule has 0 atom stereocenters. The van der Waals surface area contributed by atoms with E-state index in [9.17, 15) is 4.79 Å². The zero-order valence-corrected chi connectivity index (χ0v) is 13.3. The smallest absolute Gasteiger partial charge is 0.257 e. The average Bonchev–Trinajstić information content (AvgIpc) is 2.68. The monoisotopic (exact) mass is 292 g/mol. The van der Waals surface area contributed by atoms with Crippen molar-refractivity contribution in [3.05, 3.63) is 17.5 Å². The van der Waals surface area contributed by atoms with E-state index < -0.39 is 0 Å². The third kappa shape index (κ3) is 4.06. The molecule has 118 valence electrons. The SMILES string of the molecule is Cc1nn(C)cc1C(=O)N(CCCN)C1CCCCCC1. The van der Waals surface area contributed by atoms with Gasteiger partial charge in [-0.3, -0.25) is 9.48 Å². The maximum Gasteiger partial charge on any atom is 0.257 e. The standard InChI is InChI=1S/C16H28N4O/c1-13-15(12-19(2)18-13)16(21)20(11-7-10-17)14-8-5-3-4-6-9-14/h12,14H,3-11,17H2,1-2H3. The molecular formula is C16H28N4O. The summed E-state index contributed by atoms with van der Waals surface area (Å²) in [6, 6.07) is 0.367. The van der Waals surface area contributed by atoms with Gasteiger partial charge in [0.05, 0.1) is 11.3 Å². The molecule has 1 aromatic rings. The lowest BCUT2D eigenvalue weighted by Crippen LogP contribution is -2.41. The van der Waals surface area contributed by atoms with Crippen LogP contribution < -0.4 is 5.73 Å². The number of carbonyl (C=O) groups excluding carboxylic acids is 1. The fourth-order valence-electron chi connectivity index (χ4n) is 3.25. The minimum absolute atomic E-state index is 0.126. The second kappa shape index (κ2) is 7.59. The second-order valence-electron chi connectivity index (χ2n) is 6.09. The first-order chi connectivity index (χ1) is 10.1. The lowest BCUT2D eigenvalue weighted by atomic mass is 10.1. The van der Waals surface area contributed by atoms with Crippen LogP contribution in [-0.2, 0) is 7.05 Å². The van der Waals surface area contributed by atoms with Gasteiger partial charge in [-0.2, -0.15) is 5.10 Å². The van der Waals surface area contributed by atoms with E-state index in [1.54, 1.807) is 4.68 Å². The normalized spacial score (nSPS) is 16.7. The van der Waals surface area contributed by atoms with Crippen molar-refractivity contribution in [1.29, 1.82) is 0 Å². The molecule has 0 aliphatic heterocycles. The van der Waals surface area contributed by atoms with Crippen molar-refractivity contribution in [1.82, 2.24) is 14.7 Å². The summed E-state index contributed by atoms with van der Waals surface area (Å²) in [7, 11) is 1.86. The predicted octanol–water partition coefficient (Wildman–Crippen LogP) is 2.24. The highest BCUT2D eigenvalue weighted by Gasteiger charge is 2.27. The van der Waals surface area contributed by atoms with E-state index in [2.05, 4.69) is 10.00 Å². The highest BCUT2D eigenvalue weighted by atomic mass is 16.2. The van der Waals surface area contributed by atoms with Gasteiger partial charge in [-0.25, -0.2) is 0 Å². The molecule has 21 heavy (non-hydrogen) atoms. The Kier molecular flexibility index (Phi) is 5.79. The molecule has 1 aliphatic carbocycles. The van der Waals surface area contributed by atoms with Gasteiger partial charge in [0.15, 0.2) is 0 Å². The maximum atomic E-state index is 12.9. The van der Waals surface area contributed by atoms with Crippen molar-refractivity contribution in [2.75, 3.05) is 13.1 Å². The predicted molar refractivity (Wildman–Crippen MR) is 84.1 cm³/mol. The van der Waals surface area contributed by atoms with Gasteiger partial charge in [-0.15, -0.1) is 0 Å². The molecule has 1 saturated carbocycles. The van der Waals surface area contributed by atoms with Crippen molar-refractivity contribution in [2.45, 2.75) is 57.9 Å². The molecule has 0 saturated heterocycles. The zero-order valence-electron chi connectivity index (χ0n) is 13.3. The van der Waals surface area contributed by atoms with E-state index in [1.807, 2.05) is 20.2 Å². The van der Waals surface area contributed by atoms with Crippen LogP contribution >= 0.6 is 0 Å². The van der Waals surface area contributed by atoms with Crippen LogP contribution in [-0.4, -0.2) is 39.7 Å². The Balaban J connectivity index is 2.17. The lowest BCUT2D eigenvalue weighted by molar-refractivity contribution is 0.0658. The Hall–Kier alpha value is -1.36. The first kappa shape index (κ1) is 16.0. The number of nitrogens with zero attached hydrogens (tertiary/aromatic N) is 3. The number of carbonyl (C=O) groups is 1. The minimum Gasteiger partial charge on any atom is -0.336 e. The number of rotatable bonds is 5. The molecule has 5 nitrogen and oxygen atoms in total. The topological polar surface area (TPSA) is 64.2 Å². The maximum absolute atomic E-state index is 12.9. The van der Waals surface area contributed by atoms with Gasteiger partial charge in [0.25, 0.3) is 5.91 Å². The Morgan fingerprint density at radius 2 is 2.05 bits per heavy atom. The Morgan fingerprint density at radius 1 is 1.38 bits per heavy atom. The van der Waals surface area contributed by atoms with Crippen molar-refractivity contribution in [3.63, 3.8) is 0 Å². The van der Waals surface area contributed by atoms with Crippen molar-refractivity contribution in [2.24, 2.45) is 12.8 Å². The summed E-state index contributed by atoms with van der Waals surface area (Å²) in [6.07, 6.45) is 9.98. The number of hydrogen-bond acceptors (Lipinski definition) is 3. The Bertz CT molecular complexity index is 461. The van der Waals surface area contributed by atoms with Crippen molar-refractivity contribution >= 4 is 5.91 Å². The summed E-state index contributed by atoms with van der Waals surface area (Å²) in [5.41, 5.74) is 7.20. The lowest BCUT2D eigenvalue weighted by Gasteiger charge is -2.31. The van der Waals surface area contributed by atoms with Crippen molar-refractivity contribution < 1.29 is 4.79 Å². The van der Waals surface area contributed by atoms with Crippen LogP contribution in [0, 0.1) is 6.92 Å². The molecule has 0 spiro atoms. The van der Waals surface area contributed by atoms with Gasteiger partial charge in [0, 0.05) is 25.8 Å². The Morgan fingerprint density at radius 3 is 2.57 bits per heavy atom. The first-order valence-corrected chi connectivity index (χ1v) is 8.14. The molecule has 5 heteroatoms. The van der Waals surface area contributed by atoms with Gasteiger partial charge < -0.3 is 10.6 Å². The fourth-order valence-corrected chi connectivity index (χ4v) is 3.25. The van der Waals surface area contributed by atoms with Gasteiger partial charge in [-0.1, -0.05) is 25.7 Å². The fraction of sp³-hybridized carbons (Fsp3) is 0.750. The summed E-state index contributed by atoms with van der Waals surface area (Å²) in [5.74, 6) is 0.126. The molecule has 1 aliphatic rings. The van der Waals surface area contributed by atoms with Gasteiger partial charge in [-0.05, 0) is 32.7 Å². The van der Waals surface area contributed by atoms with E-state index in [0.717, 1.165) is 37.1 Å². The highest BCUT2D eigenvalue weighted by Crippen LogP contribution is 2.24. The number of aryl methyl sites for hydroxylation is 2. The largest absolute Gasteiger partial charge is 0.336 e. The van der Waals surface area contributed by atoms with E-state index in [0.29, 0.717) is 12.6 Å². The number of amides is 1. The zero-order chi connectivity index (χ0) is 15.2. The van der Waals surface area contributed by atoms with E-state index >= 15 is 0 Å². The third-order valence-corrected chi connectivity index (χ3v) is 4.37. The van der Waals surface area contributed by atoms with E-state index in [1.165, 1.54) is 25.7 Å². The molecule has 0 aromatic carbocycles. The van der Waals surface area contributed by atoms with Crippen LogP contribution in [0.3, 0.4) is 0 Å². The quantitative estimate of drug-likeness (QED) is 0.847. The van der Waals surface area contributed by atoms with E-state index in [4.69, 9.17) is 5.73 Å². The summed E-state index contributed by atoms with van der Waals surface area (Å²) in [5, 5.41) is 4.30. The van der Waals surface area contributed by atoms with Crippen LogP contribution in [0.25, 0.3) is 0 Å². The van der Waals surface area contributed by atoms with Gasteiger partial charge >= 0.3 is 0 Å². The molecule has 0 bridgehead atoms. The minimum atomic E-state index is 0.126. The molecule has 1 fully saturated rings. The summed E-state index contributed by atoms with van der Waals surface area (Å²) < 4.78 is 1.72. The number of hydrogen-bond donors (Lipinski definition) is 1. The molecule has 0 radical (unpaired) electrons. The third-order valence-electron chi connectivity index (χ3n) is 4.37. The highest BCUT2D eigenvalue weighted by molar-refractivity contribution is 5.95. The molecular weight excluding hydrogens is 264 g/mol. The first-order valence-electron chi connectivity index (χ1n) is 8.14. The van der Waals surface area contributed by atoms with Crippen LogP contribution in [0.2, 0.25) is 0 Å². The average molecular weight is 292 g/mol. The summed E-state index contributed by atoms with van der Waals surface area (Å²) in [6.45, 7) is 3.29. The molecule has 0 unspecified atom stereocenters. The van der Waals surface area contributed by atoms with Crippen LogP contribution in [0.5, 0.6) is 0 Å². The number of aromatic nitrogens is 2. The molecule has 1 aromatic heterocycles. The van der Waals surface area contributed by atoms with Gasteiger partial charge in [0.1, 0.15) is 0 Å². The molecule has 1 heterocycles.